The molecule has 0 saturated heterocycles. The number of aromatic nitrogens is 3. The Kier molecular flexibility index (Phi) is 11.3. The van der Waals surface area contributed by atoms with Gasteiger partial charge in [0.2, 0.25) is 0 Å². The van der Waals surface area contributed by atoms with Crippen molar-refractivity contribution < 1.29 is 4.74 Å². The highest BCUT2D eigenvalue weighted by Crippen LogP contribution is 2.16. The zero-order valence-electron chi connectivity index (χ0n) is 20.1. The normalized spacial score (nSPS) is 13.7. The Morgan fingerprint density at radius 2 is 1.94 bits per heavy atom. The van der Waals surface area contributed by atoms with Gasteiger partial charge in [-0.3, -0.25) is 4.99 Å². The third-order valence-corrected chi connectivity index (χ3v) is 5.59. The van der Waals surface area contributed by atoms with E-state index in [0.717, 1.165) is 68.8 Å². The lowest BCUT2D eigenvalue weighted by atomic mass is 10.1. The van der Waals surface area contributed by atoms with Gasteiger partial charge in [0, 0.05) is 39.5 Å². The van der Waals surface area contributed by atoms with Gasteiger partial charge in [-0.2, -0.15) is 0 Å². The van der Waals surface area contributed by atoms with Crippen LogP contribution in [0, 0.1) is 13.8 Å². The minimum atomic E-state index is 0. The number of nitrogens with one attached hydrogen (secondary N) is 1. The molecular weight excluding hydrogens is 515 g/mol. The highest BCUT2D eigenvalue weighted by atomic mass is 127. The van der Waals surface area contributed by atoms with Gasteiger partial charge in [0.05, 0.1) is 6.54 Å². The first-order valence-corrected chi connectivity index (χ1v) is 11.7. The van der Waals surface area contributed by atoms with Crippen LogP contribution in [0.5, 0.6) is 5.75 Å². The number of rotatable bonds is 9. The second kappa shape index (κ2) is 13.6. The molecule has 0 fully saturated rings. The molecule has 0 bridgehead atoms. The van der Waals surface area contributed by atoms with E-state index in [0.29, 0.717) is 6.61 Å². The second-order valence-electron chi connectivity index (χ2n) is 8.43. The average molecular weight is 555 g/mol. The van der Waals surface area contributed by atoms with E-state index >= 15 is 0 Å². The molecule has 0 atom stereocenters. The van der Waals surface area contributed by atoms with Gasteiger partial charge < -0.3 is 19.5 Å². The Labute approximate surface area is 210 Å². The van der Waals surface area contributed by atoms with E-state index in [1.165, 1.54) is 30.4 Å². The van der Waals surface area contributed by atoms with Gasteiger partial charge in [0.15, 0.2) is 5.96 Å². The van der Waals surface area contributed by atoms with E-state index < -0.39 is 0 Å². The van der Waals surface area contributed by atoms with Crippen LogP contribution in [0.25, 0.3) is 0 Å². The maximum absolute atomic E-state index is 5.96. The molecule has 0 radical (unpaired) electrons. The molecule has 0 aliphatic carbocycles. The molecule has 1 N–H and O–H groups in total. The number of aliphatic imine (C=N–C) groups is 1. The molecule has 0 spiro atoms. The third kappa shape index (κ3) is 7.94. The largest absolute Gasteiger partial charge is 0.492 e. The number of aryl methyl sites for hydroxylation is 4. The van der Waals surface area contributed by atoms with Gasteiger partial charge in [0.25, 0.3) is 0 Å². The summed E-state index contributed by atoms with van der Waals surface area (Å²) in [6.45, 7) is 10.4. The molecule has 3 rings (SSSR count). The summed E-state index contributed by atoms with van der Waals surface area (Å²) < 4.78 is 8.29. The number of hydrogen-bond donors (Lipinski definition) is 1. The highest BCUT2D eigenvalue weighted by molar-refractivity contribution is 14.0. The van der Waals surface area contributed by atoms with Crippen LogP contribution < -0.4 is 10.1 Å². The minimum absolute atomic E-state index is 0. The van der Waals surface area contributed by atoms with Crippen LogP contribution in [0.15, 0.2) is 23.2 Å². The van der Waals surface area contributed by atoms with Crippen molar-refractivity contribution in [2.75, 3.05) is 33.3 Å². The number of halogens is 1. The third-order valence-electron chi connectivity index (χ3n) is 5.59. The van der Waals surface area contributed by atoms with E-state index in [-0.39, 0.29) is 24.0 Å². The van der Waals surface area contributed by atoms with Gasteiger partial charge in [-0.25, -0.2) is 0 Å². The maximum Gasteiger partial charge on any atom is 0.193 e. The summed E-state index contributed by atoms with van der Waals surface area (Å²) in [5.74, 6) is 4.13. The Bertz CT molecular complexity index is 846. The lowest BCUT2D eigenvalue weighted by Crippen LogP contribution is -2.41. The predicted octanol–water partition coefficient (Wildman–Crippen LogP) is 4.15. The quantitative estimate of drug-likeness (QED) is 0.219. The zero-order valence-corrected chi connectivity index (χ0v) is 22.4. The Morgan fingerprint density at radius 3 is 2.69 bits per heavy atom. The number of likely N-dealkylation sites (N-methyl/N-ethyl adjacent to an activating group) is 1. The highest BCUT2D eigenvalue weighted by Gasteiger charge is 2.14. The van der Waals surface area contributed by atoms with Gasteiger partial charge >= 0.3 is 0 Å². The molecule has 0 saturated carbocycles. The van der Waals surface area contributed by atoms with Crippen LogP contribution >= 0.6 is 24.0 Å². The van der Waals surface area contributed by atoms with Crippen LogP contribution in [0.1, 0.15) is 55.4 Å². The fourth-order valence-corrected chi connectivity index (χ4v) is 4.04. The molecule has 178 valence electrons. The minimum Gasteiger partial charge on any atom is -0.492 e. The first-order chi connectivity index (χ1) is 15.1. The van der Waals surface area contributed by atoms with Crippen molar-refractivity contribution in [2.45, 2.75) is 65.8 Å². The molecule has 2 aromatic rings. The van der Waals surface area contributed by atoms with E-state index in [2.05, 4.69) is 71.0 Å². The Morgan fingerprint density at radius 1 is 1.16 bits per heavy atom. The first-order valence-electron chi connectivity index (χ1n) is 11.7. The predicted molar refractivity (Wildman–Crippen MR) is 141 cm³/mol. The van der Waals surface area contributed by atoms with Gasteiger partial charge in [-0.15, -0.1) is 34.2 Å². The second-order valence-corrected chi connectivity index (χ2v) is 8.43. The fraction of sp³-hybridized carbons (Fsp3) is 0.625. The number of benzene rings is 1. The molecular formula is C24H39IN6O. The van der Waals surface area contributed by atoms with E-state index in [1.807, 2.05) is 0 Å². The van der Waals surface area contributed by atoms with Crippen LogP contribution in [0.2, 0.25) is 0 Å². The Hall–Kier alpha value is -1.84. The van der Waals surface area contributed by atoms with Crippen molar-refractivity contribution in [1.29, 1.82) is 0 Å². The number of fused-ring (bicyclic) bond motifs is 1. The fourth-order valence-electron chi connectivity index (χ4n) is 4.04. The summed E-state index contributed by atoms with van der Waals surface area (Å²) in [5, 5.41) is 12.2. The van der Waals surface area contributed by atoms with Crippen LogP contribution in [0.4, 0.5) is 0 Å². The number of guanidine groups is 1. The molecule has 1 aliphatic rings. The maximum atomic E-state index is 5.96. The SMILES string of the molecule is CCNC(=NCCCc1nnc2n1CCCCC2)N(C)CCOc1cc(C)cc(C)c1.I. The van der Waals surface area contributed by atoms with Crippen LogP contribution in [-0.2, 0) is 19.4 Å². The van der Waals surface area contributed by atoms with E-state index in [1.54, 1.807) is 0 Å². The first kappa shape index (κ1) is 26.4. The lowest BCUT2D eigenvalue weighted by molar-refractivity contribution is 0.281. The number of nitrogens with zero attached hydrogens (tertiary/aromatic N) is 5. The van der Waals surface area contributed by atoms with Crippen molar-refractivity contribution >= 4 is 29.9 Å². The monoisotopic (exact) mass is 554 g/mol. The molecule has 8 heteroatoms. The van der Waals surface area contributed by atoms with E-state index in [9.17, 15) is 0 Å². The molecule has 1 aromatic carbocycles. The van der Waals surface area contributed by atoms with Crippen molar-refractivity contribution in [1.82, 2.24) is 25.0 Å². The smallest absolute Gasteiger partial charge is 0.193 e. The number of ether oxygens (including phenoxy) is 1. The summed E-state index contributed by atoms with van der Waals surface area (Å²) in [4.78, 5) is 6.95. The summed E-state index contributed by atoms with van der Waals surface area (Å²) in [6, 6.07) is 6.32. The average Bonchev–Trinajstić information content (AvgIpc) is 2.95. The number of hydrogen-bond acceptors (Lipinski definition) is 4. The van der Waals surface area contributed by atoms with E-state index in [4.69, 9.17) is 9.73 Å². The van der Waals surface area contributed by atoms with Crippen LogP contribution in [-0.4, -0.2) is 58.9 Å². The lowest BCUT2D eigenvalue weighted by Gasteiger charge is -2.22. The molecule has 1 aliphatic heterocycles. The Balaban J connectivity index is 0.00000363. The molecule has 1 aromatic heterocycles. The summed E-state index contributed by atoms with van der Waals surface area (Å²) in [5.41, 5.74) is 2.45. The van der Waals surface area contributed by atoms with Gasteiger partial charge in [0.1, 0.15) is 24.0 Å². The summed E-state index contributed by atoms with van der Waals surface area (Å²) >= 11 is 0. The molecule has 32 heavy (non-hydrogen) atoms. The van der Waals surface area contributed by atoms with Crippen molar-refractivity contribution in [2.24, 2.45) is 4.99 Å². The topological polar surface area (TPSA) is 67.6 Å². The standard InChI is InChI=1S/C24H38N6O.HI/c1-5-25-24(29(4)14-15-31-21-17-19(2)16-20(3)18-21)26-12-9-11-23-28-27-22-10-7-6-8-13-30(22)23;/h16-18H,5-15H2,1-4H3,(H,25,26);1H. The molecule has 0 unspecified atom stereocenters. The summed E-state index contributed by atoms with van der Waals surface area (Å²) in [6.07, 6.45) is 6.71. The zero-order chi connectivity index (χ0) is 22.1. The summed E-state index contributed by atoms with van der Waals surface area (Å²) in [7, 11) is 2.06. The van der Waals surface area contributed by atoms with Crippen molar-refractivity contribution in [3.8, 4) is 5.75 Å². The molecule has 0 amide bonds. The van der Waals surface area contributed by atoms with Gasteiger partial charge in [-0.05, 0) is 63.3 Å². The van der Waals surface area contributed by atoms with Crippen molar-refractivity contribution in [3.05, 3.63) is 41.0 Å². The van der Waals surface area contributed by atoms with Gasteiger partial charge in [-0.1, -0.05) is 12.5 Å². The molecule has 7 nitrogen and oxygen atoms in total. The van der Waals surface area contributed by atoms with Crippen LogP contribution in [0.3, 0.4) is 0 Å². The molecule has 2 heterocycles. The van der Waals surface area contributed by atoms with Crippen molar-refractivity contribution in [3.63, 3.8) is 0 Å².